The van der Waals surface area contributed by atoms with E-state index in [4.69, 9.17) is 5.21 Å². The summed E-state index contributed by atoms with van der Waals surface area (Å²) in [5.74, 6) is -0.131. The van der Waals surface area contributed by atoms with Crippen LogP contribution in [0, 0.1) is 0 Å². The average Bonchev–Trinajstić information content (AvgIpc) is 2.36. The molecule has 0 aromatic heterocycles. The topological polar surface area (TPSA) is 87.0 Å². The van der Waals surface area contributed by atoms with Crippen LogP contribution >= 0.6 is 15.9 Å². The number of halogens is 1. The minimum atomic E-state index is -3.53. The zero-order valence-corrected chi connectivity index (χ0v) is 12.1. The third-order valence-electron chi connectivity index (χ3n) is 2.55. The van der Waals surface area contributed by atoms with E-state index < -0.39 is 21.7 Å². The zero-order valence-electron chi connectivity index (χ0n) is 9.75. The maximum atomic E-state index is 11.8. The number of rotatable bonds is 5. The van der Waals surface area contributed by atoms with E-state index in [2.05, 4.69) is 21.1 Å². The van der Waals surface area contributed by atoms with Gasteiger partial charge in [0.15, 0.2) is 9.84 Å². The Morgan fingerprint density at radius 3 is 2.33 bits per heavy atom. The van der Waals surface area contributed by atoms with Gasteiger partial charge in [0.2, 0.25) is 0 Å². The molecule has 0 aliphatic carbocycles. The summed E-state index contributed by atoms with van der Waals surface area (Å²) in [6.07, 6.45) is 0. The number of hydrogen-bond acceptors (Lipinski definition) is 5. The Hall–Kier alpha value is -0.920. The fourth-order valence-corrected chi connectivity index (χ4v) is 2.92. The molecule has 18 heavy (non-hydrogen) atoms. The van der Waals surface area contributed by atoms with Gasteiger partial charge < -0.3 is 10.3 Å². The molecule has 1 aromatic carbocycles. The smallest absolute Gasteiger partial charge is 0.161 e. The van der Waals surface area contributed by atoms with Crippen LogP contribution in [-0.2, 0) is 9.84 Å². The highest BCUT2D eigenvalue weighted by Crippen LogP contribution is 2.16. The maximum absolute atomic E-state index is 11.8. The molecule has 0 saturated carbocycles. The molecule has 0 aliphatic rings. The quantitative estimate of drug-likeness (QED) is 0.484. The molecule has 1 atom stereocenters. The summed E-state index contributed by atoms with van der Waals surface area (Å²) in [7, 11) is -3.53. The van der Waals surface area contributed by atoms with Gasteiger partial charge in [-0.15, -0.1) is 0 Å². The van der Waals surface area contributed by atoms with Crippen LogP contribution in [0.5, 0.6) is 0 Å². The van der Waals surface area contributed by atoms with Gasteiger partial charge in [-0.3, -0.25) is 0 Å². The first-order chi connectivity index (χ1) is 8.46. The van der Waals surface area contributed by atoms with E-state index in [1.807, 2.05) is 0 Å². The largest absolute Gasteiger partial charge is 0.411 e. The summed E-state index contributed by atoms with van der Waals surface area (Å²) in [5.41, 5.74) is 0.406. The Morgan fingerprint density at radius 2 is 1.94 bits per heavy atom. The van der Waals surface area contributed by atoms with Crippen molar-refractivity contribution in [3.05, 3.63) is 34.3 Å². The summed E-state index contributed by atoms with van der Waals surface area (Å²) >= 11 is 3.25. The summed E-state index contributed by atoms with van der Waals surface area (Å²) in [6.45, 7) is 0.861. The summed E-state index contributed by atoms with van der Waals surface area (Å²) in [5, 5.41) is 20.1. The SMILES string of the molecule is CCS(=O)(=O)[C@@H](CO)/C(=N\O)c1ccc(Br)cc1. The van der Waals surface area contributed by atoms with Crippen molar-refractivity contribution in [1.82, 2.24) is 0 Å². The van der Waals surface area contributed by atoms with Crippen molar-refractivity contribution in [3.63, 3.8) is 0 Å². The number of nitrogens with zero attached hydrogens (tertiary/aromatic N) is 1. The Morgan fingerprint density at radius 1 is 1.39 bits per heavy atom. The van der Waals surface area contributed by atoms with Gasteiger partial charge in [-0.05, 0) is 12.1 Å². The second kappa shape index (κ2) is 6.31. The van der Waals surface area contributed by atoms with Crippen molar-refractivity contribution in [3.8, 4) is 0 Å². The first-order valence-corrected chi connectivity index (χ1v) is 7.77. The van der Waals surface area contributed by atoms with Crippen molar-refractivity contribution < 1.29 is 18.7 Å². The third-order valence-corrected chi connectivity index (χ3v) is 5.13. The number of oxime groups is 1. The molecule has 0 fully saturated rings. The summed E-state index contributed by atoms with van der Waals surface area (Å²) in [4.78, 5) is 0. The van der Waals surface area contributed by atoms with Crippen LogP contribution in [0.3, 0.4) is 0 Å². The van der Waals surface area contributed by atoms with Crippen LogP contribution in [0.2, 0.25) is 0 Å². The molecule has 0 heterocycles. The number of sulfone groups is 1. The van der Waals surface area contributed by atoms with E-state index >= 15 is 0 Å². The molecule has 0 unspecified atom stereocenters. The number of aliphatic hydroxyl groups excluding tert-OH is 1. The number of benzene rings is 1. The molecule has 0 amide bonds. The lowest BCUT2D eigenvalue weighted by Gasteiger charge is -2.15. The molecule has 1 rings (SSSR count). The van der Waals surface area contributed by atoms with Crippen LogP contribution in [0.15, 0.2) is 33.9 Å². The van der Waals surface area contributed by atoms with Crippen molar-refractivity contribution in [2.24, 2.45) is 5.16 Å². The van der Waals surface area contributed by atoms with E-state index in [9.17, 15) is 13.5 Å². The molecule has 2 N–H and O–H groups in total. The first-order valence-electron chi connectivity index (χ1n) is 5.26. The van der Waals surface area contributed by atoms with Crippen LogP contribution in [0.1, 0.15) is 12.5 Å². The molecule has 0 radical (unpaired) electrons. The highest BCUT2D eigenvalue weighted by Gasteiger charge is 2.29. The first kappa shape index (κ1) is 15.1. The molecule has 0 bridgehead atoms. The molecule has 0 aliphatic heterocycles. The second-order valence-corrected chi connectivity index (χ2v) is 7.00. The molecular weight excluding hydrogens is 322 g/mol. The van der Waals surface area contributed by atoms with Crippen LogP contribution in [0.4, 0.5) is 0 Å². The normalized spacial score (nSPS) is 14.5. The van der Waals surface area contributed by atoms with E-state index in [-0.39, 0.29) is 11.5 Å². The minimum absolute atomic E-state index is 0.0492. The monoisotopic (exact) mass is 335 g/mol. The zero-order chi connectivity index (χ0) is 13.8. The van der Waals surface area contributed by atoms with E-state index in [1.54, 1.807) is 24.3 Å². The molecular formula is C11H14BrNO4S. The Bertz CT molecular complexity index is 524. The fourth-order valence-electron chi connectivity index (χ4n) is 1.50. The lowest BCUT2D eigenvalue weighted by molar-refractivity contribution is 0.296. The lowest BCUT2D eigenvalue weighted by Crippen LogP contribution is -2.35. The average molecular weight is 336 g/mol. The van der Waals surface area contributed by atoms with Crippen molar-refractivity contribution in [1.29, 1.82) is 0 Å². The van der Waals surface area contributed by atoms with Gasteiger partial charge in [0, 0.05) is 15.8 Å². The Kier molecular flexibility index (Phi) is 5.30. The molecule has 0 saturated heterocycles. The lowest BCUT2D eigenvalue weighted by atomic mass is 10.1. The third kappa shape index (κ3) is 3.30. The molecule has 100 valence electrons. The van der Waals surface area contributed by atoms with Crippen molar-refractivity contribution in [2.75, 3.05) is 12.4 Å². The van der Waals surface area contributed by atoms with Crippen LogP contribution < -0.4 is 0 Å². The standard InChI is InChI=1S/C11H14BrNO4S/c1-2-18(16,17)10(7-14)11(13-15)8-3-5-9(12)6-4-8/h3-6,10,14-15H,2,7H2,1H3/b13-11-/t10-/m0/s1. The van der Waals surface area contributed by atoms with Gasteiger partial charge in [-0.2, -0.15) is 0 Å². The molecule has 7 heteroatoms. The van der Waals surface area contributed by atoms with Gasteiger partial charge in [-0.25, -0.2) is 8.42 Å². The predicted molar refractivity (Wildman–Crippen MR) is 72.8 cm³/mol. The van der Waals surface area contributed by atoms with Gasteiger partial charge in [0.1, 0.15) is 11.0 Å². The predicted octanol–water partition coefficient (Wildman–Crippen LogP) is 1.42. The summed E-state index contributed by atoms with van der Waals surface area (Å²) < 4.78 is 24.4. The van der Waals surface area contributed by atoms with Gasteiger partial charge in [0.05, 0.1) is 6.61 Å². The van der Waals surface area contributed by atoms with Gasteiger partial charge >= 0.3 is 0 Å². The highest BCUT2D eigenvalue weighted by atomic mass is 79.9. The highest BCUT2D eigenvalue weighted by molar-refractivity contribution is 9.10. The Balaban J connectivity index is 3.21. The van der Waals surface area contributed by atoms with E-state index in [0.717, 1.165) is 4.47 Å². The maximum Gasteiger partial charge on any atom is 0.161 e. The number of aliphatic hydroxyl groups is 1. The van der Waals surface area contributed by atoms with Crippen LogP contribution in [-0.4, -0.2) is 42.1 Å². The van der Waals surface area contributed by atoms with Gasteiger partial charge in [-0.1, -0.05) is 40.1 Å². The molecule has 5 nitrogen and oxygen atoms in total. The minimum Gasteiger partial charge on any atom is -0.411 e. The fraction of sp³-hybridized carbons (Fsp3) is 0.364. The molecule has 0 spiro atoms. The van der Waals surface area contributed by atoms with Crippen molar-refractivity contribution in [2.45, 2.75) is 12.2 Å². The number of hydrogen-bond donors (Lipinski definition) is 2. The summed E-state index contributed by atoms with van der Waals surface area (Å²) in [6, 6.07) is 6.64. The van der Waals surface area contributed by atoms with Crippen molar-refractivity contribution >= 4 is 31.5 Å². The Labute approximate surface area is 114 Å². The second-order valence-electron chi connectivity index (χ2n) is 3.61. The van der Waals surface area contributed by atoms with Gasteiger partial charge in [0.25, 0.3) is 0 Å². The van der Waals surface area contributed by atoms with Crippen LogP contribution in [0.25, 0.3) is 0 Å². The molecule has 1 aromatic rings. The van der Waals surface area contributed by atoms with E-state index in [0.29, 0.717) is 5.56 Å². The van der Waals surface area contributed by atoms with E-state index in [1.165, 1.54) is 6.92 Å².